The number of halogens is 1. The van der Waals surface area contributed by atoms with E-state index in [4.69, 9.17) is 4.74 Å². The van der Waals surface area contributed by atoms with Crippen LogP contribution in [0.1, 0.15) is 19.4 Å². The van der Waals surface area contributed by atoms with Gasteiger partial charge in [-0.3, -0.25) is 4.79 Å². The van der Waals surface area contributed by atoms with Crippen molar-refractivity contribution >= 4 is 5.97 Å². The summed E-state index contributed by atoms with van der Waals surface area (Å²) in [6.45, 7) is 3.97. The van der Waals surface area contributed by atoms with Crippen molar-refractivity contribution < 1.29 is 13.9 Å². The Bertz CT molecular complexity index is 399. The second-order valence-corrected chi connectivity index (χ2v) is 4.23. The van der Waals surface area contributed by atoms with Crippen LogP contribution in [0.15, 0.2) is 18.2 Å². The van der Waals surface area contributed by atoms with Gasteiger partial charge in [0, 0.05) is 6.07 Å². The average molecular weight is 208 g/mol. The number of rotatable bonds is 1. The van der Waals surface area contributed by atoms with Gasteiger partial charge in [-0.05, 0) is 24.0 Å². The first kappa shape index (κ1) is 10.1. The van der Waals surface area contributed by atoms with Crippen LogP contribution >= 0.6 is 0 Å². The standard InChI is InChI=1S/C12H13FO2/c1-7(2)10-5-8-3-4-9(13)6-11(8)15-12(10)14/h3-4,6-7,10H,5H2,1-2H3. The molecule has 1 unspecified atom stereocenters. The molecule has 0 spiro atoms. The molecule has 1 heterocycles. The number of fused-ring (bicyclic) bond motifs is 1. The van der Waals surface area contributed by atoms with Crippen molar-refractivity contribution in [3.05, 3.63) is 29.6 Å². The summed E-state index contributed by atoms with van der Waals surface area (Å²) in [5.74, 6) is -0.108. The smallest absolute Gasteiger partial charge is 0.314 e. The molecule has 1 aromatic carbocycles. The molecule has 2 rings (SSSR count). The molecular formula is C12H13FO2. The first-order valence-corrected chi connectivity index (χ1v) is 5.08. The fourth-order valence-electron chi connectivity index (χ4n) is 1.80. The summed E-state index contributed by atoms with van der Waals surface area (Å²) in [7, 11) is 0. The minimum Gasteiger partial charge on any atom is -0.426 e. The van der Waals surface area contributed by atoms with E-state index in [9.17, 15) is 9.18 Å². The van der Waals surface area contributed by atoms with Crippen molar-refractivity contribution in [2.45, 2.75) is 20.3 Å². The molecular weight excluding hydrogens is 195 g/mol. The molecule has 3 heteroatoms. The topological polar surface area (TPSA) is 26.3 Å². The predicted molar refractivity (Wildman–Crippen MR) is 54.1 cm³/mol. The summed E-state index contributed by atoms with van der Waals surface area (Å²) in [4.78, 5) is 11.6. The maximum Gasteiger partial charge on any atom is 0.314 e. The third-order valence-corrected chi connectivity index (χ3v) is 2.79. The molecule has 1 aliphatic heterocycles. The molecule has 0 aliphatic carbocycles. The number of benzene rings is 1. The maximum absolute atomic E-state index is 12.9. The van der Waals surface area contributed by atoms with Gasteiger partial charge in [0.15, 0.2) is 0 Å². The number of carbonyl (C=O) groups is 1. The van der Waals surface area contributed by atoms with Gasteiger partial charge in [0.1, 0.15) is 11.6 Å². The third-order valence-electron chi connectivity index (χ3n) is 2.79. The van der Waals surface area contributed by atoms with Gasteiger partial charge in [0.25, 0.3) is 0 Å². The Hall–Kier alpha value is -1.38. The summed E-state index contributed by atoms with van der Waals surface area (Å²) in [5.41, 5.74) is 0.912. The van der Waals surface area contributed by atoms with Crippen LogP contribution in [0.3, 0.4) is 0 Å². The number of carbonyl (C=O) groups excluding carboxylic acids is 1. The second kappa shape index (κ2) is 3.65. The molecule has 2 nitrogen and oxygen atoms in total. The Balaban J connectivity index is 2.34. The Morgan fingerprint density at radius 1 is 1.47 bits per heavy atom. The fraction of sp³-hybridized carbons (Fsp3) is 0.417. The van der Waals surface area contributed by atoms with Crippen LogP contribution in [0.2, 0.25) is 0 Å². The first-order chi connectivity index (χ1) is 7.08. The van der Waals surface area contributed by atoms with E-state index in [2.05, 4.69) is 0 Å². The lowest BCUT2D eigenvalue weighted by Crippen LogP contribution is -2.31. The average Bonchev–Trinajstić information content (AvgIpc) is 2.15. The van der Waals surface area contributed by atoms with E-state index in [1.807, 2.05) is 13.8 Å². The zero-order chi connectivity index (χ0) is 11.0. The molecule has 1 aromatic rings. The number of hydrogen-bond acceptors (Lipinski definition) is 2. The van der Waals surface area contributed by atoms with Crippen LogP contribution in [-0.2, 0) is 11.2 Å². The van der Waals surface area contributed by atoms with E-state index < -0.39 is 0 Å². The highest BCUT2D eigenvalue weighted by Crippen LogP contribution is 2.31. The van der Waals surface area contributed by atoms with Crippen molar-refractivity contribution in [3.63, 3.8) is 0 Å². The van der Waals surface area contributed by atoms with E-state index in [1.165, 1.54) is 12.1 Å². The van der Waals surface area contributed by atoms with Gasteiger partial charge in [-0.1, -0.05) is 19.9 Å². The van der Waals surface area contributed by atoms with Crippen LogP contribution in [-0.4, -0.2) is 5.97 Å². The van der Waals surface area contributed by atoms with E-state index in [0.717, 1.165) is 5.56 Å². The number of ether oxygens (including phenoxy) is 1. The zero-order valence-corrected chi connectivity index (χ0v) is 8.79. The summed E-state index contributed by atoms with van der Waals surface area (Å²) in [6, 6.07) is 4.35. The Morgan fingerprint density at radius 3 is 2.87 bits per heavy atom. The van der Waals surface area contributed by atoms with Gasteiger partial charge in [-0.2, -0.15) is 0 Å². The quantitative estimate of drug-likeness (QED) is 0.523. The number of esters is 1. The first-order valence-electron chi connectivity index (χ1n) is 5.08. The second-order valence-electron chi connectivity index (χ2n) is 4.23. The lowest BCUT2D eigenvalue weighted by atomic mass is 9.87. The molecule has 0 fully saturated rings. The maximum atomic E-state index is 12.9. The molecule has 0 bridgehead atoms. The summed E-state index contributed by atoms with van der Waals surface area (Å²) >= 11 is 0. The highest BCUT2D eigenvalue weighted by molar-refractivity contribution is 5.78. The summed E-state index contributed by atoms with van der Waals surface area (Å²) in [5, 5.41) is 0. The Labute approximate surface area is 88.1 Å². The zero-order valence-electron chi connectivity index (χ0n) is 8.79. The van der Waals surface area contributed by atoms with Crippen LogP contribution in [0, 0.1) is 17.7 Å². The highest BCUT2D eigenvalue weighted by Gasteiger charge is 2.30. The third kappa shape index (κ3) is 1.87. The van der Waals surface area contributed by atoms with Crippen molar-refractivity contribution in [1.82, 2.24) is 0 Å². The molecule has 0 radical (unpaired) electrons. The van der Waals surface area contributed by atoms with Gasteiger partial charge in [-0.15, -0.1) is 0 Å². The van der Waals surface area contributed by atoms with E-state index in [-0.39, 0.29) is 23.6 Å². The van der Waals surface area contributed by atoms with Crippen molar-refractivity contribution in [2.24, 2.45) is 11.8 Å². The summed E-state index contributed by atoms with van der Waals surface area (Å²) < 4.78 is 18.0. The van der Waals surface area contributed by atoms with Gasteiger partial charge >= 0.3 is 5.97 Å². The predicted octanol–water partition coefficient (Wildman–Crippen LogP) is 2.56. The van der Waals surface area contributed by atoms with Gasteiger partial charge in [0.05, 0.1) is 5.92 Å². The van der Waals surface area contributed by atoms with Crippen molar-refractivity contribution in [3.8, 4) is 5.75 Å². The summed E-state index contributed by atoms with van der Waals surface area (Å²) in [6.07, 6.45) is 0.645. The molecule has 15 heavy (non-hydrogen) atoms. The van der Waals surface area contributed by atoms with Gasteiger partial charge in [0.2, 0.25) is 0 Å². The van der Waals surface area contributed by atoms with Crippen LogP contribution < -0.4 is 4.74 Å². The van der Waals surface area contributed by atoms with Gasteiger partial charge < -0.3 is 4.74 Å². The molecule has 0 amide bonds. The lowest BCUT2D eigenvalue weighted by molar-refractivity contribution is -0.141. The van der Waals surface area contributed by atoms with E-state index in [0.29, 0.717) is 12.2 Å². The van der Waals surface area contributed by atoms with E-state index >= 15 is 0 Å². The highest BCUT2D eigenvalue weighted by atomic mass is 19.1. The van der Waals surface area contributed by atoms with Crippen LogP contribution in [0.25, 0.3) is 0 Å². The molecule has 1 aliphatic rings. The molecule has 0 saturated heterocycles. The van der Waals surface area contributed by atoms with Crippen LogP contribution in [0.4, 0.5) is 4.39 Å². The van der Waals surface area contributed by atoms with Gasteiger partial charge in [-0.25, -0.2) is 4.39 Å². The van der Waals surface area contributed by atoms with Crippen molar-refractivity contribution in [1.29, 1.82) is 0 Å². The SMILES string of the molecule is CC(C)C1Cc2ccc(F)cc2OC1=O. The molecule has 80 valence electrons. The largest absolute Gasteiger partial charge is 0.426 e. The Morgan fingerprint density at radius 2 is 2.20 bits per heavy atom. The fourth-order valence-corrected chi connectivity index (χ4v) is 1.80. The molecule has 1 atom stereocenters. The normalized spacial score (nSPS) is 20.0. The Kier molecular flexibility index (Phi) is 2.47. The van der Waals surface area contributed by atoms with Crippen LogP contribution in [0.5, 0.6) is 5.75 Å². The van der Waals surface area contributed by atoms with E-state index in [1.54, 1.807) is 6.07 Å². The monoisotopic (exact) mass is 208 g/mol. The molecule has 0 saturated carbocycles. The molecule has 0 aromatic heterocycles. The van der Waals surface area contributed by atoms with Crippen molar-refractivity contribution in [2.75, 3.05) is 0 Å². The minimum atomic E-state index is -0.371. The lowest BCUT2D eigenvalue weighted by Gasteiger charge is -2.25. The number of hydrogen-bond donors (Lipinski definition) is 0. The molecule has 0 N–H and O–H groups in total. The minimum absolute atomic E-state index is 0.108.